The minimum atomic E-state index is -2.92. The molecule has 144 valence electrons. The summed E-state index contributed by atoms with van der Waals surface area (Å²) >= 11 is 3.24. The fraction of sp³-hybridized carbons (Fsp3) is 0.529. The second-order valence-electron chi connectivity index (χ2n) is 7.09. The summed E-state index contributed by atoms with van der Waals surface area (Å²) in [5, 5.41) is 2.22. The van der Waals surface area contributed by atoms with Gasteiger partial charge in [-0.1, -0.05) is 15.9 Å². The lowest BCUT2D eigenvalue weighted by atomic mass is 9.92. The van der Waals surface area contributed by atoms with Gasteiger partial charge in [-0.3, -0.25) is 10.3 Å². The van der Waals surface area contributed by atoms with Gasteiger partial charge in [0.05, 0.1) is 6.61 Å². The highest BCUT2D eigenvalue weighted by atomic mass is 79.9. The molecule has 1 amide bonds. The van der Waals surface area contributed by atoms with Crippen LogP contribution < -0.4 is 5.32 Å². The lowest BCUT2D eigenvalue weighted by Crippen LogP contribution is -2.51. The fourth-order valence-corrected chi connectivity index (χ4v) is 2.80. The largest absolute Gasteiger partial charge is 0.444 e. The maximum atomic E-state index is 14.3. The van der Waals surface area contributed by atoms with E-state index in [0.29, 0.717) is 4.47 Å². The highest BCUT2D eigenvalue weighted by molar-refractivity contribution is 9.10. The summed E-state index contributed by atoms with van der Waals surface area (Å²) in [6.07, 6.45) is -5.59. The predicted octanol–water partition coefficient (Wildman–Crippen LogP) is 4.39. The molecule has 1 heterocycles. The van der Waals surface area contributed by atoms with E-state index in [2.05, 4.69) is 26.2 Å². The first kappa shape index (κ1) is 20.7. The topological polar surface area (TPSA) is 59.9 Å². The van der Waals surface area contributed by atoms with Crippen molar-refractivity contribution in [3.05, 3.63) is 34.1 Å². The second kappa shape index (κ2) is 7.56. The molecule has 9 heteroatoms. The fourth-order valence-electron chi connectivity index (χ4n) is 2.44. The molecule has 0 fully saturated rings. The van der Waals surface area contributed by atoms with Gasteiger partial charge in [-0.05, 0) is 45.9 Å². The van der Waals surface area contributed by atoms with Crippen LogP contribution in [0, 0.1) is 5.82 Å². The molecule has 1 N–H and O–H groups in total. The molecule has 0 spiro atoms. The van der Waals surface area contributed by atoms with Crippen LogP contribution in [0.5, 0.6) is 0 Å². The number of aliphatic imine (C=N–C) groups is 1. The number of amidine groups is 1. The summed E-state index contributed by atoms with van der Waals surface area (Å²) in [7, 11) is 0. The molecule has 5 nitrogen and oxygen atoms in total. The van der Waals surface area contributed by atoms with Crippen LogP contribution in [0.15, 0.2) is 27.7 Å². The number of halogens is 4. The van der Waals surface area contributed by atoms with Gasteiger partial charge in [0.15, 0.2) is 6.10 Å². The molecule has 0 radical (unpaired) electrons. The number of benzene rings is 1. The van der Waals surface area contributed by atoms with E-state index >= 15 is 0 Å². The van der Waals surface area contributed by atoms with Crippen molar-refractivity contribution in [1.82, 2.24) is 5.32 Å². The number of hydrogen-bond donors (Lipinski definition) is 1. The number of amides is 1. The number of carbonyl (C=O) groups is 1. The Morgan fingerprint density at radius 1 is 1.46 bits per heavy atom. The second-order valence-corrected chi connectivity index (χ2v) is 8.00. The number of alkyl halides is 2. The molecule has 1 aliphatic heterocycles. The van der Waals surface area contributed by atoms with Crippen LogP contribution in [-0.4, -0.2) is 36.7 Å². The summed E-state index contributed by atoms with van der Waals surface area (Å²) in [5.74, 6) is -0.961. The lowest BCUT2D eigenvalue weighted by Gasteiger charge is -2.35. The van der Waals surface area contributed by atoms with E-state index in [9.17, 15) is 18.0 Å². The smallest absolute Gasteiger partial charge is 0.413 e. The SMILES string of the molecule is CC(C)(C)OC(=O)NC1=NC(C)(c2cc(Br)ccc2F)COC1C(F)F. The Balaban J connectivity index is 2.39. The molecule has 2 unspecified atom stereocenters. The van der Waals surface area contributed by atoms with Crippen LogP contribution in [0.2, 0.25) is 0 Å². The Morgan fingerprint density at radius 3 is 2.69 bits per heavy atom. The Hall–Kier alpha value is -1.61. The van der Waals surface area contributed by atoms with E-state index in [4.69, 9.17) is 9.47 Å². The Kier molecular flexibility index (Phi) is 6.02. The van der Waals surface area contributed by atoms with Crippen LogP contribution in [0.4, 0.5) is 18.0 Å². The Morgan fingerprint density at radius 2 is 2.12 bits per heavy atom. The van der Waals surface area contributed by atoms with Gasteiger partial charge in [-0.25, -0.2) is 18.0 Å². The maximum Gasteiger partial charge on any atom is 0.413 e. The van der Waals surface area contributed by atoms with Crippen LogP contribution in [0.1, 0.15) is 33.3 Å². The van der Waals surface area contributed by atoms with Gasteiger partial charge >= 0.3 is 6.09 Å². The van der Waals surface area contributed by atoms with E-state index in [1.165, 1.54) is 25.1 Å². The normalized spacial score (nSPS) is 23.6. The molecule has 0 saturated carbocycles. The number of hydrogen-bond acceptors (Lipinski definition) is 4. The number of rotatable bonds is 2. The molecule has 26 heavy (non-hydrogen) atoms. The van der Waals surface area contributed by atoms with Crippen LogP contribution in [0.25, 0.3) is 0 Å². The number of carbonyl (C=O) groups excluding carboxylic acids is 1. The van der Waals surface area contributed by atoms with E-state index < -0.39 is 41.4 Å². The van der Waals surface area contributed by atoms with E-state index in [1.54, 1.807) is 20.8 Å². The van der Waals surface area contributed by atoms with Crippen molar-refractivity contribution in [2.24, 2.45) is 4.99 Å². The third-order valence-electron chi connectivity index (χ3n) is 3.55. The maximum absolute atomic E-state index is 14.3. The average Bonchev–Trinajstić information content (AvgIpc) is 2.47. The molecule has 1 aliphatic rings. The monoisotopic (exact) mass is 436 g/mol. The molecule has 1 aromatic carbocycles. The van der Waals surface area contributed by atoms with Crippen LogP contribution >= 0.6 is 15.9 Å². The van der Waals surface area contributed by atoms with E-state index in [-0.39, 0.29) is 12.2 Å². The molecule has 1 aromatic rings. The predicted molar refractivity (Wildman–Crippen MR) is 94.0 cm³/mol. The summed E-state index contributed by atoms with van der Waals surface area (Å²) in [4.78, 5) is 16.2. The third-order valence-corrected chi connectivity index (χ3v) is 4.04. The number of alkyl carbamates (subject to hydrolysis) is 1. The van der Waals surface area contributed by atoms with Gasteiger partial charge in [-0.15, -0.1) is 0 Å². The molecule has 0 saturated heterocycles. The Labute approximate surface area is 158 Å². The van der Waals surface area contributed by atoms with Gasteiger partial charge in [0.1, 0.15) is 22.8 Å². The molecular weight excluding hydrogens is 417 g/mol. The standard InChI is InChI=1S/C17H20BrF3N2O3/c1-16(2,3)26-15(24)22-14-12(13(20)21)25-8-17(4,23-14)10-7-9(18)5-6-11(10)19/h5-7,12-13H,8H2,1-4H3,(H,22,23,24). The third kappa shape index (κ3) is 4.97. The quantitative estimate of drug-likeness (QED) is 0.747. The minimum absolute atomic E-state index is 0.156. The van der Waals surface area contributed by atoms with Crippen LogP contribution in [-0.2, 0) is 15.0 Å². The van der Waals surface area contributed by atoms with Crippen molar-refractivity contribution >= 4 is 27.9 Å². The van der Waals surface area contributed by atoms with Gasteiger partial charge in [0, 0.05) is 10.0 Å². The number of ether oxygens (including phenoxy) is 2. The highest BCUT2D eigenvalue weighted by Crippen LogP contribution is 2.34. The number of nitrogens with zero attached hydrogens (tertiary/aromatic N) is 1. The molecule has 0 aromatic heterocycles. The first-order chi connectivity index (χ1) is 11.9. The molecular formula is C17H20BrF3N2O3. The zero-order chi connectivity index (χ0) is 19.7. The molecule has 2 atom stereocenters. The van der Waals surface area contributed by atoms with E-state index in [1.807, 2.05) is 0 Å². The van der Waals surface area contributed by atoms with Crippen molar-refractivity contribution in [2.45, 2.75) is 51.4 Å². The van der Waals surface area contributed by atoms with E-state index in [0.717, 1.165) is 0 Å². The summed E-state index contributed by atoms with van der Waals surface area (Å²) in [5.41, 5.74) is -1.95. The van der Waals surface area contributed by atoms with Crippen molar-refractivity contribution in [3.8, 4) is 0 Å². The van der Waals surface area contributed by atoms with Crippen molar-refractivity contribution in [1.29, 1.82) is 0 Å². The van der Waals surface area contributed by atoms with Crippen molar-refractivity contribution < 1.29 is 27.4 Å². The first-order valence-corrected chi connectivity index (χ1v) is 8.65. The van der Waals surface area contributed by atoms with Crippen molar-refractivity contribution in [2.75, 3.05) is 6.61 Å². The van der Waals surface area contributed by atoms with Crippen LogP contribution in [0.3, 0.4) is 0 Å². The average molecular weight is 437 g/mol. The summed E-state index contributed by atoms with van der Waals surface area (Å²) in [6.45, 7) is 6.18. The van der Waals surface area contributed by atoms with Gasteiger partial charge in [0.25, 0.3) is 6.43 Å². The molecule has 0 aliphatic carbocycles. The van der Waals surface area contributed by atoms with Crippen molar-refractivity contribution in [3.63, 3.8) is 0 Å². The van der Waals surface area contributed by atoms with Gasteiger partial charge < -0.3 is 9.47 Å². The molecule has 0 bridgehead atoms. The summed E-state index contributed by atoms with van der Waals surface area (Å²) < 4.78 is 51.7. The Bertz CT molecular complexity index is 722. The minimum Gasteiger partial charge on any atom is -0.444 e. The first-order valence-electron chi connectivity index (χ1n) is 7.86. The lowest BCUT2D eigenvalue weighted by molar-refractivity contribution is -0.0450. The zero-order valence-electron chi connectivity index (χ0n) is 14.8. The summed E-state index contributed by atoms with van der Waals surface area (Å²) in [6, 6.07) is 4.24. The number of nitrogens with one attached hydrogen (secondary N) is 1. The zero-order valence-corrected chi connectivity index (χ0v) is 16.4. The molecule has 2 rings (SSSR count). The highest BCUT2D eigenvalue weighted by Gasteiger charge is 2.41. The van der Waals surface area contributed by atoms with Gasteiger partial charge in [0.2, 0.25) is 0 Å². The van der Waals surface area contributed by atoms with Gasteiger partial charge in [-0.2, -0.15) is 0 Å².